The zero-order valence-electron chi connectivity index (χ0n) is 15.0. The molecule has 9 heteroatoms. The second kappa shape index (κ2) is 6.95. The number of nitrogens with one attached hydrogen (secondary N) is 2. The number of para-hydroxylation sites is 1. The average Bonchev–Trinajstić information content (AvgIpc) is 3.41. The molecule has 0 fully saturated rings. The third-order valence-corrected chi connectivity index (χ3v) is 5.40. The van der Waals surface area contributed by atoms with Gasteiger partial charge in [-0.3, -0.25) is 9.59 Å². The summed E-state index contributed by atoms with van der Waals surface area (Å²) in [6.45, 7) is 0.127. The number of aromatic amines is 1. The SMILES string of the molecule is O=C(NCc1nnc2ccc(-c3cccs3)nn12)c1cc(=O)[nH]c2ccccc12. The van der Waals surface area contributed by atoms with Crippen molar-refractivity contribution in [2.45, 2.75) is 6.54 Å². The van der Waals surface area contributed by atoms with Gasteiger partial charge in [-0.25, -0.2) is 0 Å². The van der Waals surface area contributed by atoms with Gasteiger partial charge in [0.05, 0.1) is 17.0 Å². The Labute approximate surface area is 167 Å². The predicted molar refractivity (Wildman–Crippen MR) is 110 cm³/mol. The van der Waals surface area contributed by atoms with E-state index in [1.54, 1.807) is 34.1 Å². The van der Waals surface area contributed by atoms with Gasteiger partial charge in [0.25, 0.3) is 5.91 Å². The first-order chi connectivity index (χ1) is 14.2. The Hall–Kier alpha value is -3.85. The summed E-state index contributed by atoms with van der Waals surface area (Å²) < 4.78 is 1.62. The lowest BCUT2D eigenvalue weighted by molar-refractivity contribution is 0.0951. The van der Waals surface area contributed by atoms with Crippen LogP contribution in [0.25, 0.3) is 27.1 Å². The first kappa shape index (κ1) is 17.3. The summed E-state index contributed by atoms with van der Waals surface area (Å²) in [6, 6.07) is 16.2. The summed E-state index contributed by atoms with van der Waals surface area (Å²) in [4.78, 5) is 28.4. The lowest BCUT2D eigenvalue weighted by Gasteiger charge is -2.07. The average molecular weight is 402 g/mol. The molecule has 0 saturated carbocycles. The van der Waals surface area contributed by atoms with E-state index in [0.717, 1.165) is 10.6 Å². The molecule has 0 atom stereocenters. The molecule has 0 aliphatic heterocycles. The Morgan fingerprint density at radius 3 is 2.86 bits per heavy atom. The molecule has 5 rings (SSSR count). The van der Waals surface area contributed by atoms with Crippen molar-refractivity contribution in [3.63, 3.8) is 0 Å². The highest BCUT2D eigenvalue weighted by molar-refractivity contribution is 7.13. The van der Waals surface area contributed by atoms with Crippen LogP contribution in [0.2, 0.25) is 0 Å². The summed E-state index contributed by atoms with van der Waals surface area (Å²) >= 11 is 1.59. The number of hydrogen-bond donors (Lipinski definition) is 2. The van der Waals surface area contributed by atoms with Gasteiger partial charge in [-0.1, -0.05) is 24.3 Å². The van der Waals surface area contributed by atoms with E-state index < -0.39 is 0 Å². The van der Waals surface area contributed by atoms with Crippen LogP contribution < -0.4 is 10.9 Å². The number of hydrogen-bond acceptors (Lipinski definition) is 6. The molecule has 142 valence electrons. The van der Waals surface area contributed by atoms with E-state index in [1.807, 2.05) is 35.7 Å². The van der Waals surface area contributed by atoms with E-state index in [9.17, 15) is 9.59 Å². The quantitative estimate of drug-likeness (QED) is 0.481. The fraction of sp³-hybridized carbons (Fsp3) is 0.0500. The molecule has 0 aliphatic rings. The number of pyridine rings is 1. The predicted octanol–water partition coefficient (Wildman–Crippen LogP) is 2.62. The summed E-state index contributed by atoms with van der Waals surface area (Å²) in [5.74, 6) is 0.138. The Bertz CT molecular complexity index is 1400. The minimum Gasteiger partial charge on any atom is -0.345 e. The lowest BCUT2D eigenvalue weighted by atomic mass is 10.1. The van der Waals surface area contributed by atoms with Crippen molar-refractivity contribution < 1.29 is 4.79 Å². The third-order valence-electron chi connectivity index (χ3n) is 4.50. The molecule has 1 aromatic carbocycles. The molecular formula is C20H14N6O2S. The van der Waals surface area contributed by atoms with Crippen LogP contribution in [0.5, 0.6) is 0 Å². The number of aromatic nitrogens is 5. The highest BCUT2D eigenvalue weighted by Gasteiger charge is 2.14. The molecule has 2 N–H and O–H groups in total. The van der Waals surface area contributed by atoms with Crippen LogP contribution in [0.3, 0.4) is 0 Å². The summed E-state index contributed by atoms with van der Waals surface area (Å²) in [5.41, 5.74) is 1.99. The molecule has 8 nitrogen and oxygen atoms in total. The van der Waals surface area contributed by atoms with E-state index in [0.29, 0.717) is 27.9 Å². The minimum absolute atomic E-state index is 0.127. The highest BCUT2D eigenvalue weighted by Crippen LogP contribution is 2.22. The zero-order valence-corrected chi connectivity index (χ0v) is 15.8. The fourth-order valence-electron chi connectivity index (χ4n) is 3.15. The second-order valence-electron chi connectivity index (χ2n) is 6.36. The standard InChI is InChI=1S/C20H14N6O2S/c27-19-10-13(12-4-1-2-5-14(12)22-19)20(28)21-11-18-24-23-17-8-7-15(25-26(17)18)16-6-3-9-29-16/h1-10H,11H2,(H,21,28)(H,22,27). The zero-order chi connectivity index (χ0) is 19.8. The normalized spacial score (nSPS) is 11.2. The summed E-state index contributed by atoms with van der Waals surface area (Å²) in [7, 11) is 0. The first-order valence-corrected chi connectivity index (χ1v) is 9.72. The van der Waals surface area contributed by atoms with Crippen molar-refractivity contribution in [1.29, 1.82) is 0 Å². The van der Waals surface area contributed by atoms with Gasteiger partial charge < -0.3 is 10.3 Å². The van der Waals surface area contributed by atoms with Crippen LogP contribution in [0.1, 0.15) is 16.2 Å². The Morgan fingerprint density at radius 1 is 1.10 bits per heavy atom. The summed E-state index contributed by atoms with van der Waals surface area (Å²) in [6.07, 6.45) is 0. The van der Waals surface area contributed by atoms with Crippen LogP contribution in [0.4, 0.5) is 0 Å². The molecule has 5 aromatic rings. The molecule has 0 bridgehead atoms. The van der Waals surface area contributed by atoms with Crippen LogP contribution in [0.15, 0.2) is 64.8 Å². The van der Waals surface area contributed by atoms with E-state index in [4.69, 9.17) is 0 Å². The van der Waals surface area contributed by atoms with Gasteiger partial charge in [0.1, 0.15) is 5.69 Å². The molecule has 0 radical (unpaired) electrons. The van der Waals surface area contributed by atoms with E-state index in [1.165, 1.54) is 6.07 Å². The number of H-pyrrole nitrogens is 1. The van der Waals surface area contributed by atoms with Gasteiger partial charge in [-0.05, 0) is 29.6 Å². The fourth-order valence-corrected chi connectivity index (χ4v) is 3.84. The maximum Gasteiger partial charge on any atom is 0.252 e. The van der Waals surface area contributed by atoms with Crippen molar-refractivity contribution in [3.8, 4) is 10.6 Å². The number of carbonyl (C=O) groups excluding carboxylic acids is 1. The van der Waals surface area contributed by atoms with Gasteiger partial charge in [0.2, 0.25) is 5.56 Å². The summed E-state index contributed by atoms with van der Waals surface area (Å²) in [5, 5.41) is 18.3. The number of rotatable bonds is 4. The highest BCUT2D eigenvalue weighted by atomic mass is 32.1. The molecule has 0 saturated heterocycles. The van der Waals surface area contributed by atoms with Crippen molar-refractivity contribution in [2.75, 3.05) is 0 Å². The molecule has 29 heavy (non-hydrogen) atoms. The molecule has 4 heterocycles. The van der Waals surface area contributed by atoms with Gasteiger partial charge >= 0.3 is 0 Å². The van der Waals surface area contributed by atoms with Gasteiger partial charge in [0, 0.05) is 17.0 Å². The molecule has 0 spiro atoms. The minimum atomic E-state index is -0.363. The van der Waals surface area contributed by atoms with Crippen molar-refractivity contribution in [3.05, 3.63) is 81.7 Å². The van der Waals surface area contributed by atoms with Crippen LogP contribution in [0, 0.1) is 0 Å². The first-order valence-electron chi connectivity index (χ1n) is 8.84. The van der Waals surface area contributed by atoms with E-state index in [-0.39, 0.29) is 18.0 Å². The Kier molecular flexibility index (Phi) is 4.14. The molecule has 4 aromatic heterocycles. The molecular weight excluding hydrogens is 388 g/mol. The van der Waals surface area contributed by atoms with Gasteiger partial charge in [0.15, 0.2) is 11.5 Å². The Balaban J connectivity index is 1.44. The number of amides is 1. The number of nitrogens with zero attached hydrogens (tertiary/aromatic N) is 4. The van der Waals surface area contributed by atoms with Crippen molar-refractivity contribution in [2.24, 2.45) is 0 Å². The maximum absolute atomic E-state index is 12.8. The number of benzene rings is 1. The lowest BCUT2D eigenvalue weighted by Crippen LogP contribution is -2.26. The molecule has 0 unspecified atom stereocenters. The second-order valence-corrected chi connectivity index (χ2v) is 7.31. The number of carbonyl (C=O) groups is 1. The van der Waals surface area contributed by atoms with Crippen LogP contribution in [-0.4, -0.2) is 30.7 Å². The number of thiophene rings is 1. The van der Waals surface area contributed by atoms with Crippen molar-refractivity contribution >= 4 is 33.8 Å². The topological polar surface area (TPSA) is 105 Å². The maximum atomic E-state index is 12.8. The van der Waals surface area contributed by atoms with Crippen LogP contribution >= 0.6 is 11.3 Å². The van der Waals surface area contributed by atoms with Gasteiger partial charge in [-0.2, -0.15) is 9.61 Å². The molecule has 1 amide bonds. The van der Waals surface area contributed by atoms with Gasteiger partial charge in [-0.15, -0.1) is 21.5 Å². The third kappa shape index (κ3) is 3.17. The van der Waals surface area contributed by atoms with Crippen LogP contribution in [-0.2, 0) is 6.54 Å². The molecule has 0 aliphatic carbocycles. The largest absolute Gasteiger partial charge is 0.345 e. The van der Waals surface area contributed by atoms with E-state index in [2.05, 4.69) is 25.6 Å². The van der Waals surface area contributed by atoms with E-state index >= 15 is 0 Å². The Morgan fingerprint density at radius 2 is 2.00 bits per heavy atom. The van der Waals surface area contributed by atoms with Crippen molar-refractivity contribution in [1.82, 2.24) is 30.1 Å². The number of fused-ring (bicyclic) bond motifs is 2. The smallest absolute Gasteiger partial charge is 0.252 e. The monoisotopic (exact) mass is 402 g/mol.